The first kappa shape index (κ1) is 17.8. The molecule has 2 aliphatic heterocycles. The molecular formula is C21H26N4O2. The van der Waals surface area contributed by atoms with Crippen molar-refractivity contribution in [3.63, 3.8) is 0 Å². The smallest absolute Gasteiger partial charge is 0.239 e. The van der Waals surface area contributed by atoms with Crippen LogP contribution >= 0.6 is 0 Å². The average molecular weight is 366 g/mol. The quantitative estimate of drug-likeness (QED) is 0.835. The fourth-order valence-electron chi connectivity index (χ4n) is 4.58. The minimum absolute atomic E-state index is 0.121. The van der Waals surface area contributed by atoms with Crippen molar-refractivity contribution >= 4 is 17.5 Å². The number of para-hydroxylation sites is 1. The minimum atomic E-state index is -0.569. The van der Waals surface area contributed by atoms with Crippen LogP contribution in [-0.4, -0.2) is 46.4 Å². The molecule has 27 heavy (non-hydrogen) atoms. The summed E-state index contributed by atoms with van der Waals surface area (Å²) in [7, 11) is 1.84. The van der Waals surface area contributed by atoms with Crippen LogP contribution in [-0.2, 0) is 21.5 Å². The molecule has 0 bridgehead atoms. The van der Waals surface area contributed by atoms with Crippen molar-refractivity contribution in [3.05, 3.63) is 48.0 Å². The maximum Gasteiger partial charge on any atom is 0.239 e. The fraction of sp³-hybridized carbons (Fsp3) is 0.476. The molecular weight excluding hydrogens is 340 g/mol. The standard InChI is InChI=1S/C21H26N4O2/c1-16-22-11-14-24(16)12-5-9-19(26)25-13-6-10-21(15-25)17-7-3-4-8-18(17)23(2)20(21)27/h3-4,7-8,11,14H,5-6,9-10,12-13,15H2,1-2H3/t21-/m0/s1. The summed E-state index contributed by atoms with van der Waals surface area (Å²) in [6, 6.07) is 8.00. The van der Waals surface area contributed by atoms with Gasteiger partial charge in [-0.2, -0.15) is 0 Å². The lowest BCUT2D eigenvalue weighted by molar-refractivity contribution is -0.136. The predicted molar refractivity (Wildman–Crippen MR) is 104 cm³/mol. The first-order valence-electron chi connectivity index (χ1n) is 9.66. The number of likely N-dealkylation sites (tertiary alicyclic amines) is 1. The van der Waals surface area contributed by atoms with Crippen LogP contribution in [0.4, 0.5) is 5.69 Å². The van der Waals surface area contributed by atoms with Crippen molar-refractivity contribution in [1.82, 2.24) is 14.5 Å². The van der Waals surface area contributed by atoms with Crippen LogP contribution < -0.4 is 4.90 Å². The Balaban J connectivity index is 1.46. The van der Waals surface area contributed by atoms with E-state index in [0.717, 1.165) is 49.4 Å². The highest BCUT2D eigenvalue weighted by atomic mass is 16.2. The van der Waals surface area contributed by atoms with Crippen LogP contribution in [0.3, 0.4) is 0 Å². The number of hydrogen-bond acceptors (Lipinski definition) is 3. The van der Waals surface area contributed by atoms with Gasteiger partial charge in [0, 0.05) is 51.2 Å². The van der Waals surface area contributed by atoms with Gasteiger partial charge >= 0.3 is 0 Å². The van der Waals surface area contributed by atoms with Gasteiger partial charge in [0.2, 0.25) is 11.8 Å². The average Bonchev–Trinajstić information content (AvgIpc) is 3.18. The highest BCUT2D eigenvalue weighted by Gasteiger charge is 2.52. The topological polar surface area (TPSA) is 58.4 Å². The molecule has 6 heteroatoms. The third kappa shape index (κ3) is 2.93. The molecule has 6 nitrogen and oxygen atoms in total. The van der Waals surface area contributed by atoms with Crippen LogP contribution in [0, 0.1) is 6.92 Å². The van der Waals surface area contributed by atoms with Gasteiger partial charge in [0.1, 0.15) is 5.82 Å². The number of carbonyl (C=O) groups is 2. The number of amides is 2. The van der Waals surface area contributed by atoms with Gasteiger partial charge in [0.15, 0.2) is 0 Å². The Hall–Kier alpha value is -2.63. The molecule has 1 fully saturated rings. The molecule has 142 valence electrons. The fourth-order valence-corrected chi connectivity index (χ4v) is 4.58. The van der Waals surface area contributed by atoms with Crippen LogP contribution in [0.2, 0.25) is 0 Å². The number of likely N-dealkylation sites (N-methyl/N-ethyl adjacent to an activating group) is 1. The van der Waals surface area contributed by atoms with Gasteiger partial charge in [-0.3, -0.25) is 9.59 Å². The number of rotatable bonds is 4. The Kier molecular flexibility index (Phi) is 4.50. The molecule has 1 spiro atoms. The SMILES string of the molecule is Cc1nccn1CCCC(=O)N1CCC[C@@]2(C1)C(=O)N(C)c1ccccc12. The normalized spacial score (nSPS) is 21.8. The Morgan fingerprint density at radius 2 is 2.11 bits per heavy atom. The zero-order valence-corrected chi connectivity index (χ0v) is 16.0. The second-order valence-corrected chi connectivity index (χ2v) is 7.65. The van der Waals surface area contributed by atoms with E-state index in [1.165, 1.54) is 0 Å². The van der Waals surface area contributed by atoms with E-state index >= 15 is 0 Å². The maximum atomic E-state index is 13.1. The van der Waals surface area contributed by atoms with Crippen molar-refractivity contribution < 1.29 is 9.59 Å². The van der Waals surface area contributed by atoms with Gasteiger partial charge in [-0.25, -0.2) is 4.98 Å². The molecule has 0 unspecified atom stereocenters. The van der Waals surface area contributed by atoms with Crippen molar-refractivity contribution in [2.45, 2.75) is 44.6 Å². The van der Waals surface area contributed by atoms with E-state index in [1.807, 2.05) is 49.3 Å². The molecule has 1 atom stereocenters. The number of benzene rings is 1. The Bertz CT molecular complexity index is 875. The van der Waals surface area contributed by atoms with Gasteiger partial charge < -0.3 is 14.4 Å². The minimum Gasteiger partial charge on any atom is -0.341 e. The first-order chi connectivity index (χ1) is 13.0. The molecule has 0 N–H and O–H groups in total. The van der Waals surface area contributed by atoms with Crippen molar-refractivity contribution in [1.29, 1.82) is 0 Å². The van der Waals surface area contributed by atoms with Gasteiger partial charge in [0.05, 0.1) is 5.41 Å². The summed E-state index contributed by atoms with van der Waals surface area (Å²) in [5, 5.41) is 0. The number of nitrogens with zero attached hydrogens (tertiary/aromatic N) is 4. The third-order valence-corrected chi connectivity index (χ3v) is 6.05. The summed E-state index contributed by atoms with van der Waals surface area (Å²) in [6.45, 7) is 4.00. The summed E-state index contributed by atoms with van der Waals surface area (Å²) in [6.07, 6.45) is 6.68. The van der Waals surface area contributed by atoms with E-state index in [-0.39, 0.29) is 11.8 Å². The lowest BCUT2D eigenvalue weighted by Gasteiger charge is -2.39. The molecule has 1 aromatic carbocycles. The van der Waals surface area contributed by atoms with Crippen molar-refractivity contribution in [3.8, 4) is 0 Å². The molecule has 1 aromatic heterocycles. The summed E-state index contributed by atoms with van der Waals surface area (Å²) < 4.78 is 2.07. The van der Waals surface area contributed by atoms with Crippen molar-refractivity contribution in [2.24, 2.45) is 0 Å². The molecule has 0 radical (unpaired) electrons. The molecule has 4 rings (SSSR count). The van der Waals surface area contributed by atoms with Gasteiger partial charge in [-0.1, -0.05) is 18.2 Å². The summed E-state index contributed by atoms with van der Waals surface area (Å²) in [4.78, 5) is 33.8. The van der Waals surface area contributed by atoms with Crippen LogP contribution in [0.15, 0.2) is 36.7 Å². The van der Waals surface area contributed by atoms with E-state index < -0.39 is 5.41 Å². The lowest BCUT2D eigenvalue weighted by Crippen LogP contribution is -2.53. The number of aromatic nitrogens is 2. The number of anilines is 1. The van der Waals surface area contributed by atoms with E-state index in [2.05, 4.69) is 9.55 Å². The Labute approximate surface area is 159 Å². The van der Waals surface area contributed by atoms with Gasteiger partial charge in [-0.15, -0.1) is 0 Å². The molecule has 2 amide bonds. The maximum absolute atomic E-state index is 13.1. The Morgan fingerprint density at radius 3 is 2.89 bits per heavy atom. The number of aryl methyl sites for hydroxylation is 2. The molecule has 2 aromatic rings. The van der Waals surface area contributed by atoms with E-state index in [0.29, 0.717) is 13.0 Å². The summed E-state index contributed by atoms with van der Waals surface area (Å²) in [5.74, 6) is 1.23. The van der Waals surface area contributed by atoms with E-state index in [1.54, 1.807) is 11.1 Å². The van der Waals surface area contributed by atoms with Gasteiger partial charge in [-0.05, 0) is 37.8 Å². The largest absolute Gasteiger partial charge is 0.341 e. The molecule has 0 aliphatic carbocycles. The first-order valence-corrected chi connectivity index (χ1v) is 9.66. The molecule has 3 heterocycles. The zero-order chi connectivity index (χ0) is 19.0. The second kappa shape index (κ2) is 6.83. The number of imidazole rings is 1. The molecule has 0 saturated carbocycles. The second-order valence-electron chi connectivity index (χ2n) is 7.65. The summed E-state index contributed by atoms with van der Waals surface area (Å²) >= 11 is 0. The van der Waals surface area contributed by atoms with E-state index in [4.69, 9.17) is 0 Å². The zero-order valence-electron chi connectivity index (χ0n) is 16.0. The molecule has 1 saturated heterocycles. The predicted octanol–water partition coefficient (Wildman–Crippen LogP) is 2.51. The highest BCUT2D eigenvalue weighted by molar-refractivity contribution is 6.08. The van der Waals surface area contributed by atoms with Crippen molar-refractivity contribution in [2.75, 3.05) is 25.0 Å². The number of fused-ring (bicyclic) bond motifs is 2. The lowest BCUT2D eigenvalue weighted by atomic mass is 9.75. The monoisotopic (exact) mass is 366 g/mol. The van der Waals surface area contributed by atoms with Crippen LogP contribution in [0.1, 0.15) is 37.1 Å². The number of piperidine rings is 1. The molecule has 2 aliphatic rings. The van der Waals surface area contributed by atoms with Crippen LogP contribution in [0.5, 0.6) is 0 Å². The summed E-state index contributed by atoms with van der Waals surface area (Å²) in [5.41, 5.74) is 1.48. The number of carbonyl (C=O) groups excluding carboxylic acids is 2. The third-order valence-electron chi connectivity index (χ3n) is 6.05. The highest BCUT2D eigenvalue weighted by Crippen LogP contribution is 2.46. The Morgan fingerprint density at radius 1 is 1.30 bits per heavy atom. The van der Waals surface area contributed by atoms with E-state index in [9.17, 15) is 9.59 Å². The van der Waals surface area contributed by atoms with Crippen LogP contribution in [0.25, 0.3) is 0 Å². The van der Waals surface area contributed by atoms with Gasteiger partial charge in [0.25, 0.3) is 0 Å². The number of hydrogen-bond donors (Lipinski definition) is 0.